The molecule has 86 valence electrons. The van der Waals surface area contributed by atoms with Gasteiger partial charge in [-0.15, -0.1) is 10.3 Å². The van der Waals surface area contributed by atoms with Gasteiger partial charge in [-0.3, -0.25) is 0 Å². The third kappa shape index (κ3) is 3.21. The maximum Gasteiger partial charge on any atom is 0.168 e. The fraction of sp³-hybridized carbons (Fsp3) is 1.00. The number of aliphatic hydroxyl groups is 1. The molecule has 0 aromatic rings. The van der Waals surface area contributed by atoms with Crippen LogP contribution in [0.2, 0.25) is 0 Å². The van der Waals surface area contributed by atoms with Crippen LogP contribution in [0.3, 0.4) is 0 Å². The van der Waals surface area contributed by atoms with E-state index in [-0.39, 0.29) is 32.7 Å². The van der Waals surface area contributed by atoms with Crippen molar-refractivity contribution in [3.05, 3.63) is 0 Å². The number of hydrogen-bond donors (Lipinski definition) is 1. The zero-order valence-electron chi connectivity index (χ0n) is 10.2. The summed E-state index contributed by atoms with van der Waals surface area (Å²) in [5.74, 6) is -1.17. The number of hydroxylamine groups is 2. The van der Waals surface area contributed by atoms with Crippen LogP contribution in [0.25, 0.3) is 0 Å². The Balaban J connectivity index is 0.00000196. The maximum absolute atomic E-state index is 11.9. The van der Waals surface area contributed by atoms with Gasteiger partial charge in [0.05, 0.1) is 0 Å². The smallest absolute Gasteiger partial charge is 0.168 e. The average Bonchev–Trinajstić information content (AvgIpc) is 1.99. The van der Waals surface area contributed by atoms with E-state index in [9.17, 15) is 10.3 Å². The summed E-state index contributed by atoms with van der Waals surface area (Å²) in [7, 11) is 1.48. The second-order valence-electron chi connectivity index (χ2n) is 5.42. The molecule has 4 nitrogen and oxygen atoms in total. The largest absolute Gasteiger partial charge is 0.365 e. The first kappa shape index (κ1) is 15.9. The molecule has 0 spiro atoms. The molecular formula is C10H20NO3Y. The number of nitrogens with zero attached hydrogens (tertiary/aromatic N) is 1. The Morgan fingerprint density at radius 1 is 1.13 bits per heavy atom. The first-order valence-corrected chi connectivity index (χ1v) is 4.88. The molecule has 0 unspecified atom stereocenters. The Bertz CT molecular complexity index is 207. The number of ether oxygens (including phenoxy) is 1. The summed E-state index contributed by atoms with van der Waals surface area (Å²) in [5.41, 5.74) is -1.18. The van der Waals surface area contributed by atoms with Crippen molar-refractivity contribution in [3.8, 4) is 0 Å². The van der Waals surface area contributed by atoms with E-state index in [4.69, 9.17) is 4.74 Å². The van der Waals surface area contributed by atoms with E-state index in [1.54, 1.807) is 0 Å². The van der Waals surface area contributed by atoms with Gasteiger partial charge in [0.25, 0.3) is 0 Å². The molecule has 2 radical (unpaired) electrons. The summed E-state index contributed by atoms with van der Waals surface area (Å²) in [6.07, 6.45) is 0.673. The van der Waals surface area contributed by atoms with E-state index in [1.807, 2.05) is 27.7 Å². The fourth-order valence-electron chi connectivity index (χ4n) is 2.52. The molecule has 1 rings (SSSR count). The van der Waals surface area contributed by atoms with Gasteiger partial charge in [0.2, 0.25) is 0 Å². The molecule has 0 bridgehead atoms. The average molecular weight is 291 g/mol. The predicted octanol–water partition coefficient (Wildman–Crippen LogP) is 1.32. The van der Waals surface area contributed by atoms with E-state index in [0.29, 0.717) is 12.8 Å². The van der Waals surface area contributed by atoms with E-state index in [0.717, 1.165) is 5.06 Å². The molecule has 15 heavy (non-hydrogen) atoms. The Labute approximate surface area is 117 Å². The van der Waals surface area contributed by atoms with E-state index in [2.05, 4.69) is 0 Å². The van der Waals surface area contributed by atoms with Gasteiger partial charge in [0, 0.05) is 63.7 Å². The Hall–Kier alpha value is 0.944. The molecule has 0 aromatic carbocycles. The quantitative estimate of drug-likeness (QED) is 0.741. The molecule has 5 heteroatoms. The summed E-state index contributed by atoms with van der Waals surface area (Å²) in [6, 6.07) is 0. The van der Waals surface area contributed by atoms with Crippen molar-refractivity contribution in [1.29, 1.82) is 0 Å². The summed E-state index contributed by atoms with van der Waals surface area (Å²) in [6.45, 7) is 7.30. The minimum Gasteiger partial charge on any atom is -0.365 e. The summed E-state index contributed by atoms with van der Waals surface area (Å²) in [5, 5.41) is 23.1. The van der Waals surface area contributed by atoms with Gasteiger partial charge < -0.3 is 9.84 Å². The fourth-order valence-corrected chi connectivity index (χ4v) is 2.52. The van der Waals surface area contributed by atoms with Crippen LogP contribution >= 0.6 is 0 Å². The minimum atomic E-state index is -1.17. The van der Waals surface area contributed by atoms with Gasteiger partial charge in [-0.2, -0.15) is 0 Å². The zero-order valence-corrected chi connectivity index (χ0v) is 13.0. The molecule has 0 aromatic heterocycles. The molecule has 1 aliphatic rings. The standard InChI is InChI=1S/C10H20NO3.Y/c1-8(2)6-10(12,14-5)7-9(3,4)11(8)13;/h12H,6-7H2,1-5H3;. The Morgan fingerprint density at radius 3 is 1.73 bits per heavy atom. The van der Waals surface area contributed by atoms with Crippen molar-refractivity contribution in [2.75, 3.05) is 7.11 Å². The van der Waals surface area contributed by atoms with E-state index < -0.39 is 16.9 Å². The van der Waals surface area contributed by atoms with Crippen molar-refractivity contribution in [2.24, 2.45) is 0 Å². The summed E-state index contributed by atoms with van der Waals surface area (Å²) < 4.78 is 5.09. The van der Waals surface area contributed by atoms with Crippen LogP contribution in [0.15, 0.2) is 0 Å². The number of methoxy groups -OCH3 is 1. The Kier molecular flexibility index (Phi) is 4.96. The minimum absolute atomic E-state index is 0. The van der Waals surface area contributed by atoms with Crippen molar-refractivity contribution in [2.45, 2.75) is 57.4 Å². The van der Waals surface area contributed by atoms with Gasteiger partial charge in [-0.25, -0.2) is 0 Å². The third-order valence-electron chi connectivity index (χ3n) is 2.90. The van der Waals surface area contributed by atoms with Crippen LogP contribution in [-0.2, 0) is 42.7 Å². The molecule has 1 N–H and O–H groups in total. The summed E-state index contributed by atoms with van der Waals surface area (Å²) >= 11 is 0. The molecule has 0 saturated carbocycles. The van der Waals surface area contributed by atoms with Crippen LogP contribution in [0.1, 0.15) is 40.5 Å². The predicted molar refractivity (Wildman–Crippen MR) is 51.9 cm³/mol. The second kappa shape index (κ2) is 4.67. The molecule has 0 aliphatic carbocycles. The molecule has 1 aliphatic heterocycles. The molecule has 1 saturated heterocycles. The number of hydrogen-bond acceptors (Lipinski definition) is 3. The van der Waals surface area contributed by atoms with Crippen molar-refractivity contribution in [3.63, 3.8) is 0 Å². The van der Waals surface area contributed by atoms with Crippen LogP contribution in [0, 0.1) is 0 Å². The Morgan fingerprint density at radius 2 is 1.47 bits per heavy atom. The van der Waals surface area contributed by atoms with Gasteiger partial charge in [-0.1, -0.05) is 0 Å². The van der Waals surface area contributed by atoms with E-state index >= 15 is 0 Å². The van der Waals surface area contributed by atoms with Gasteiger partial charge >= 0.3 is 0 Å². The van der Waals surface area contributed by atoms with Crippen LogP contribution in [0.5, 0.6) is 0 Å². The van der Waals surface area contributed by atoms with Crippen molar-refractivity contribution >= 4 is 0 Å². The molecular weight excluding hydrogens is 271 g/mol. The van der Waals surface area contributed by atoms with Crippen LogP contribution in [0.4, 0.5) is 0 Å². The monoisotopic (exact) mass is 291 g/mol. The normalized spacial score (nSPS) is 28.2. The summed E-state index contributed by atoms with van der Waals surface area (Å²) in [4.78, 5) is 0. The van der Waals surface area contributed by atoms with Crippen LogP contribution in [-0.4, -0.2) is 34.1 Å². The maximum atomic E-state index is 11.9. The topological polar surface area (TPSA) is 52.6 Å². The van der Waals surface area contributed by atoms with Crippen LogP contribution < -0.4 is 0 Å². The molecule has 0 atom stereocenters. The van der Waals surface area contributed by atoms with Gasteiger partial charge in [0.15, 0.2) is 5.79 Å². The first-order chi connectivity index (χ1) is 6.13. The number of piperidine rings is 1. The second-order valence-corrected chi connectivity index (χ2v) is 5.42. The van der Waals surface area contributed by atoms with Crippen molar-refractivity contribution < 1.29 is 47.8 Å². The third-order valence-corrected chi connectivity index (χ3v) is 2.90. The SMILES string of the molecule is COC1(O)CC(C)(C)N([O])C(C)(C)C1.[Y]. The molecule has 1 fully saturated rings. The van der Waals surface area contributed by atoms with Gasteiger partial charge in [0.1, 0.15) is 0 Å². The number of rotatable bonds is 1. The van der Waals surface area contributed by atoms with Crippen molar-refractivity contribution in [1.82, 2.24) is 5.06 Å². The van der Waals surface area contributed by atoms with E-state index in [1.165, 1.54) is 7.11 Å². The first-order valence-electron chi connectivity index (χ1n) is 4.88. The molecule has 0 amide bonds. The molecule has 1 heterocycles. The zero-order chi connectivity index (χ0) is 11.2. The van der Waals surface area contributed by atoms with Gasteiger partial charge in [-0.05, 0) is 27.7 Å².